The van der Waals surface area contributed by atoms with Crippen LogP contribution in [0.25, 0.3) is 0 Å². The molecule has 0 atom stereocenters. The molecular weight excluding hydrogens is 318 g/mol. The summed E-state index contributed by atoms with van der Waals surface area (Å²) in [7, 11) is 0. The van der Waals surface area contributed by atoms with Gasteiger partial charge in [-0.3, -0.25) is 4.79 Å². The van der Waals surface area contributed by atoms with Gasteiger partial charge in [0, 0.05) is 0 Å². The highest BCUT2D eigenvalue weighted by Gasteiger charge is 2.17. The molecule has 1 amide bonds. The van der Waals surface area contributed by atoms with Gasteiger partial charge in [-0.15, -0.1) is 0 Å². The Kier molecular flexibility index (Phi) is 4.83. The standard InChI is InChI=1S/C24H23NO/c26-23(17-18-14-15-19-12-7-13-22(19)16-18)25-24(20-8-3-1-4-9-20)21-10-5-2-6-11-21/h1-6,8-11,14-16,24H,7,12-13,17H2,(H,25,26). The molecule has 26 heavy (non-hydrogen) atoms. The van der Waals surface area contributed by atoms with E-state index in [9.17, 15) is 4.79 Å². The predicted octanol–water partition coefficient (Wildman–Crippen LogP) is 4.62. The Morgan fingerprint density at radius 3 is 2.08 bits per heavy atom. The highest BCUT2D eigenvalue weighted by Crippen LogP contribution is 2.24. The number of rotatable bonds is 5. The van der Waals surface area contributed by atoms with Gasteiger partial charge in [-0.25, -0.2) is 0 Å². The van der Waals surface area contributed by atoms with Crippen LogP contribution in [0.4, 0.5) is 0 Å². The lowest BCUT2D eigenvalue weighted by molar-refractivity contribution is -0.120. The first kappa shape index (κ1) is 16.6. The molecule has 1 aliphatic rings. The van der Waals surface area contributed by atoms with E-state index >= 15 is 0 Å². The molecule has 4 rings (SSSR count). The molecule has 0 aliphatic heterocycles. The summed E-state index contributed by atoms with van der Waals surface area (Å²) in [6, 6.07) is 26.7. The molecular formula is C24H23NO. The highest BCUT2D eigenvalue weighted by atomic mass is 16.1. The molecule has 0 bridgehead atoms. The number of benzene rings is 3. The Morgan fingerprint density at radius 1 is 0.808 bits per heavy atom. The molecule has 1 aliphatic carbocycles. The average Bonchev–Trinajstić information content (AvgIpc) is 3.15. The number of aryl methyl sites for hydroxylation is 2. The fourth-order valence-corrected chi connectivity index (χ4v) is 3.78. The van der Waals surface area contributed by atoms with Crippen LogP contribution in [0.1, 0.15) is 40.3 Å². The third-order valence-corrected chi connectivity index (χ3v) is 5.10. The maximum Gasteiger partial charge on any atom is 0.225 e. The van der Waals surface area contributed by atoms with Crippen LogP contribution in [0.2, 0.25) is 0 Å². The minimum Gasteiger partial charge on any atom is -0.345 e. The summed E-state index contributed by atoms with van der Waals surface area (Å²) in [6.45, 7) is 0. The van der Waals surface area contributed by atoms with E-state index in [4.69, 9.17) is 0 Å². The number of nitrogens with one attached hydrogen (secondary N) is 1. The topological polar surface area (TPSA) is 29.1 Å². The average molecular weight is 341 g/mol. The molecule has 3 aromatic carbocycles. The van der Waals surface area contributed by atoms with E-state index < -0.39 is 0 Å². The molecule has 0 aromatic heterocycles. The van der Waals surface area contributed by atoms with Gasteiger partial charge in [0.05, 0.1) is 12.5 Å². The van der Waals surface area contributed by atoms with Crippen molar-refractivity contribution < 1.29 is 4.79 Å². The summed E-state index contributed by atoms with van der Waals surface area (Å²) in [6.07, 6.45) is 3.96. The minimum absolute atomic E-state index is 0.0562. The molecule has 0 heterocycles. The Bertz CT molecular complexity index is 847. The SMILES string of the molecule is O=C(Cc1ccc2c(c1)CCC2)NC(c1ccccc1)c1ccccc1. The zero-order valence-corrected chi connectivity index (χ0v) is 14.8. The van der Waals surface area contributed by atoms with Crippen molar-refractivity contribution in [3.05, 3.63) is 107 Å². The zero-order valence-electron chi connectivity index (χ0n) is 14.8. The second-order valence-electron chi connectivity index (χ2n) is 6.96. The molecule has 130 valence electrons. The second-order valence-corrected chi connectivity index (χ2v) is 6.96. The van der Waals surface area contributed by atoms with Crippen molar-refractivity contribution in [2.24, 2.45) is 0 Å². The Morgan fingerprint density at radius 2 is 1.42 bits per heavy atom. The Hall–Kier alpha value is -2.87. The van der Waals surface area contributed by atoms with Gasteiger partial charge in [0.25, 0.3) is 0 Å². The van der Waals surface area contributed by atoms with Gasteiger partial charge in [0.1, 0.15) is 0 Å². The number of hydrogen-bond acceptors (Lipinski definition) is 1. The summed E-state index contributed by atoms with van der Waals surface area (Å²) in [5.41, 5.74) is 6.16. The van der Waals surface area contributed by atoms with Gasteiger partial charge in [0.2, 0.25) is 5.91 Å². The third-order valence-electron chi connectivity index (χ3n) is 5.10. The van der Waals surface area contributed by atoms with Crippen LogP contribution in [-0.2, 0) is 24.1 Å². The molecule has 0 spiro atoms. The number of amides is 1. The van der Waals surface area contributed by atoms with Crippen molar-refractivity contribution in [3.63, 3.8) is 0 Å². The van der Waals surface area contributed by atoms with Gasteiger partial charge in [-0.05, 0) is 47.1 Å². The Labute approximate surface area is 154 Å². The lowest BCUT2D eigenvalue weighted by atomic mass is 9.98. The molecule has 3 aromatic rings. The monoisotopic (exact) mass is 341 g/mol. The van der Waals surface area contributed by atoms with Gasteiger partial charge in [-0.2, -0.15) is 0 Å². The fraction of sp³-hybridized carbons (Fsp3) is 0.208. The van der Waals surface area contributed by atoms with Crippen LogP contribution in [0, 0.1) is 0 Å². The quantitative estimate of drug-likeness (QED) is 0.720. The highest BCUT2D eigenvalue weighted by molar-refractivity contribution is 5.79. The smallest absolute Gasteiger partial charge is 0.225 e. The maximum absolute atomic E-state index is 12.8. The largest absolute Gasteiger partial charge is 0.345 e. The lowest BCUT2D eigenvalue weighted by Gasteiger charge is -2.20. The van der Waals surface area contributed by atoms with Crippen LogP contribution in [0.5, 0.6) is 0 Å². The Balaban J connectivity index is 1.53. The summed E-state index contributed by atoms with van der Waals surface area (Å²) in [5, 5.41) is 3.23. The molecule has 0 fully saturated rings. The maximum atomic E-state index is 12.8. The van der Waals surface area contributed by atoms with E-state index in [1.807, 2.05) is 36.4 Å². The van der Waals surface area contributed by atoms with Crippen LogP contribution in [0.15, 0.2) is 78.9 Å². The number of carbonyl (C=O) groups is 1. The summed E-state index contributed by atoms with van der Waals surface area (Å²) in [4.78, 5) is 12.8. The number of carbonyl (C=O) groups excluding carboxylic acids is 1. The van der Waals surface area contributed by atoms with Crippen LogP contribution >= 0.6 is 0 Å². The van der Waals surface area contributed by atoms with E-state index in [1.54, 1.807) is 0 Å². The van der Waals surface area contributed by atoms with Crippen molar-refractivity contribution in [1.29, 1.82) is 0 Å². The first-order valence-electron chi connectivity index (χ1n) is 9.29. The van der Waals surface area contributed by atoms with Crippen LogP contribution < -0.4 is 5.32 Å². The van der Waals surface area contributed by atoms with Gasteiger partial charge < -0.3 is 5.32 Å². The van der Waals surface area contributed by atoms with E-state index in [-0.39, 0.29) is 11.9 Å². The molecule has 2 heteroatoms. The van der Waals surface area contributed by atoms with Crippen LogP contribution in [-0.4, -0.2) is 5.91 Å². The first-order valence-corrected chi connectivity index (χ1v) is 9.29. The van der Waals surface area contributed by atoms with Crippen molar-refractivity contribution in [2.45, 2.75) is 31.7 Å². The predicted molar refractivity (Wildman–Crippen MR) is 105 cm³/mol. The van der Waals surface area contributed by atoms with E-state index in [1.165, 1.54) is 24.0 Å². The molecule has 0 saturated carbocycles. The van der Waals surface area contributed by atoms with E-state index in [2.05, 4.69) is 47.8 Å². The van der Waals surface area contributed by atoms with E-state index in [0.29, 0.717) is 6.42 Å². The molecule has 0 radical (unpaired) electrons. The minimum atomic E-state index is -0.126. The molecule has 1 N–H and O–H groups in total. The summed E-state index contributed by atoms with van der Waals surface area (Å²) >= 11 is 0. The van der Waals surface area contributed by atoms with Crippen molar-refractivity contribution in [3.8, 4) is 0 Å². The number of hydrogen-bond donors (Lipinski definition) is 1. The second kappa shape index (κ2) is 7.57. The molecule has 2 nitrogen and oxygen atoms in total. The van der Waals surface area contributed by atoms with E-state index in [0.717, 1.165) is 23.1 Å². The molecule has 0 saturated heterocycles. The lowest BCUT2D eigenvalue weighted by Crippen LogP contribution is -2.30. The van der Waals surface area contributed by atoms with Crippen molar-refractivity contribution in [1.82, 2.24) is 5.32 Å². The third kappa shape index (κ3) is 3.70. The number of fused-ring (bicyclic) bond motifs is 1. The summed E-state index contributed by atoms with van der Waals surface area (Å²) < 4.78 is 0. The van der Waals surface area contributed by atoms with Crippen molar-refractivity contribution >= 4 is 5.91 Å². The van der Waals surface area contributed by atoms with Gasteiger partial charge in [0.15, 0.2) is 0 Å². The molecule has 0 unspecified atom stereocenters. The zero-order chi connectivity index (χ0) is 17.8. The van der Waals surface area contributed by atoms with Crippen LogP contribution in [0.3, 0.4) is 0 Å². The fourth-order valence-electron chi connectivity index (χ4n) is 3.78. The normalized spacial score (nSPS) is 12.8. The van der Waals surface area contributed by atoms with Gasteiger partial charge >= 0.3 is 0 Å². The van der Waals surface area contributed by atoms with Gasteiger partial charge in [-0.1, -0.05) is 78.9 Å². The van der Waals surface area contributed by atoms with Crippen molar-refractivity contribution in [2.75, 3.05) is 0 Å². The summed E-state index contributed by atoms with van der Waals surface area (Å²) in [5.74, 6) is 0.0562. The first-order chi connectivity index (χ1) is 12.8.